The van der Waals surface area contributed by atoms with Crippen LogP contribution in [-0.2, 0) is 6.54 Å². The molecule has 0 unspecified atom stereocenters. The van der Waals surface area contributed by atoms with Gasteiger partial charge in [0.1, 0.15) is 11.5 Å². The predicted molar refractivity (Wildman–Crippen MR) is 70.3 cm³/mol. The topological polar surface area (TPSA) is 29.9 Å². The normalized spacial score (nSPS) is 11.3. The van der Waals surface area contributed by atoms with E-state index in [1.165, 1.54) is 12.1 Å². The van der Waals surface area contributed by atoms with E-state index < -0.39 is 11.6 Å². The number of nitrogens with zero attached hydrogens (tertiary/aromatic N) is 2. The van der Waals surface area contributed by atoms with Crippen molar-refractivity contribution >= 4 is 0 Å². The summed E-state index contributed by atoms with van der Waals surface area (Å²) in [6.45, 7) is 4.71. The number of hydrogen-bond acceptors (Lipinski definition) is 2. The minimum Gasteiger partial charge on any atom is -0.316 e. The smallest absolute Gasteiger partial charge is 0.151 e. The highest BCUT2D eigenvalue weighted by Crippen LogP contribution is 2.24. The second-order valence-corrected chi connectivity index (χ2v) is 4.75. The van der Waals surface area contributed by atoms with Crippen LogP contribution in [0.1, 0.15) is 31.0 Å². The molecule has 5 heteroatoms. The first-order chi connectivity index (χ1) is 9.04. The molecule has 1 aromatic carbocycles. The van der Waals surface area contributed by atoms with Crippen LogP contribution in [0.2, 0.25) is 0 Å². The average molecular weight is 265 g/mol. The Morgan fingerprint density at radius 1 is 1.32 bits per heavy atom. The van der Waals surface area contributed by atoms with Crippen molar-refractivity contribution in [3.05, 3.63) is 47.3 Å². The Bertz CT molecular complexity index is 576. The lowest BCUT2D eigenvalue weighted by atomic mass is 10.1. The Balaban J connectivity index is 2.55. The molecule has 1 heterocycles. The highest BCUT2D eigenvalue weighted by molar-refractivity contribution is 5.37. The minimum atomic E-state index is -0.610. The van der Waals surface area contributed by atoms with Crippen LogP contribution < -0.4 is 5.32 Å². The molecule has 0 fully saturated rings. The molecule has 0 bridgehead atoms. The van der Waals surface area contributed by atoms with Crippen LogP contribution in [0.4, 0.5) is 8.78 Å². The Morgan fingerprint density at radius 3 is 2.63 bits per heavy atom. The van der Waals surface area contributed by atoms with E-state index in [2.05, 4.69) is 10.4 Å². The SMILES string of the molecule is CNCc1cnn(-c2ccc(F)cc2F)c1C(C)C. The molecule has 0 radical (unpaired) electrons. The molecule has 0 aliphatic rings. The van der Waals surface area contributed by atoms with Crippen molar-refractivity contribution in [2.24, 2.45) is 0 Å². The summed E-state index contributed by atoms with van der Waals surface area (Å²) in [4.78, 5) is 0. The molecular weight excluding hydrogens is 248 g/mol. The molecule has 0 saturated carbocycles. The third-order valence-corrected chi connectivity index (χ3v) is 2.94. The summed E-state index contributed by atoms with van der Waals surface area (Å²) in [5.41, 5.74) is 2.22. The van der Waals surface area contributed by atoms with Crippen molar-refractivity contribution in [2.45, 2.75) is 26.3 Å². The number of halogens is 2. The third-order valence-electron chi connectivity index (χ3n) is 2.94. The summed E-state index contributed by atoms with van der Waals surface area (Å²) in [6.07, 6.45) is 1.72. The van der Waals surface area contributed by atoms with Gasteiger partial charge >= 0.3 is 0 Å². The lowest BCUT2D eigenvalue weighted by Gasteiger charge is -2.13. The zero-order valence-corrected chi connectivity index (χ0v) is 11.2. The van der Waals surface area contributed by atoms with Gasteiger partial charge in [-0.25, -0.2) is 13.5 Å². The highest BCUT2D eigenvalue weighted by atomic mass is 19.1. The molecule has 1 N–H and O–H groups in total. The Labute approximate surface area is 111 Å². The fraction of sp³-hybridized carbons (Fsp3) is 0.357. The summed E-state index contributed by atoms with van der Waals surface area (Å²) in [7, 11) is 1.85. The quantitative estimate of drug-likeness (QED) is 0.921. The van der Waals surface area contributed by atoms with Crippen molar-refractivity contribution in [1.82, 2.24) is 15.1 Å². The van der Waals surface area contributed by atoms with Gasteiger partial charge in [-0.3, -0.25) is 0 Å². The summed E-state index contributed by atoms with van der Waals surface area (Å²) >= 11 is 0. The van der Waals surface area contributed by atoms with E-state index in [4.69, 9.17) is 0 Å². The van der Waals surface area contributed by atoms with Gasteiger partial charge in [-0.1, -0.05) is 13.8 Å². The van der Waals surface area contributed by atoms with E-state index in [0.717, 1.165) is 17.3 Å². The highest BCUT2D eigenvalue weighted by Gasteiger charge is 2.17. The summed E-state index contributed by atoms with van der Waals surface area (Å²) < 4.78 is 28.4. The third kappa shape index (κ3) is 2.66. The van der Waals surface area contributed by atoms with Crippen LogP contribution in [0.15, 0.2) is 24.4 Å². The Kier molecular flexibility index (Phi) is 3.95. The van der Waals surface area contributed by atoms with Gasteiger partial charge in [0.05, 0.1) is 11.9 Å². The van der Waals surface area contributed by atoms with Gasteiger partial charge < -0.3 is 5.32 Å². The van der Waals surface area contributed by atoms with Gasteiger partial charge in [-0.15, -0.1) is 0 Å². The first-order valence-electron chi connectivity index (χ1n) is 6.21. The van der Waals surface area contributed by atoms with Gasteiger partial charge in [0.15, 0.2) is 5.82 Å². The molecule has 102 valence electrons. The number of benzene rings is 1. The van der Waals surface area contributed by atoms with Crippen LogP contribution in [0, 0.1) is 11.6 Å². The van der Waals surface area contributed by atoms with Crippen molar-refractivity contribution in [3.8, 4) is 5.69 Å². The summed E-state index contributed by atoms with van der Waals surface area (Å²) in [5.74, 6) is -1.01. The van der Waals surface area contributed by atoms with Crippen molar-refractivity contribution in [1.29, 1.82) is 0 Å². The number of hydrogen-bond donors (Lipinski definition) is 1. The van der Waals surface area contributed by atoms with Gasteiger partial charge in [0.2, 0.25) is 0 Å². The zero-order valence-electron chi connectivity index (χ0n) is 11.2. The molecule has 0 spiro atoms. The van der Waals surface area contributed by atoms with Crippen LogP contribution >= 0.6 is 0 Å². The second kappa shape index (κ2) is 5.48. The van der Waals surface area contributed by atoms with Crippen molar-refractivity contribution in [2.75, 3.05) is 7.05 Å². The first kappa shape index (κ1) is 13.7. The molecule has 0 atom stereocenters. The van der Waals surface area contributed by atoms with Gasteiger partial charge in [-0.05, 0) is 25.1 Å². The average Bonchev–Trinajstić information content (AvgIpc) is 2.73. The molecular formula is C14H17F2N3. The lowest BCUT2D eigenvalue weighted by molar-refractivity contribution is 0.569. The van der Waals surface area contributed by atoms with E-state index in [-0.39, 0.29) is 11.6 Å². The summed E-state index contributed by atoms with van der Waals surface area (Å²) in [5, 5.41) is 7.29. The monoisotopic (exact) mass is 265 g/mol. The van der Waals surface area contributed by atoms with Gasteiger partial charge in [0.25, 0.3) is 0 Å². The fourth-order valence-corrected chi connectivity index (χ4v) is 2.18. The molecule has 0 amide bonds. The first-order valence-corrected chi connectivity index (χ1v) is 6.21. The lowest BCUT2D eigenvalue weighted by Crippen LogP contribution is -2.11. The number of aromatic nitrogens is 2. The van der Waals surface area contributed by atoms with Crippen LogP contribution in [0.5, 0.6) is 0 Å². The summed E-state index contributed by atoms with van der Waals surface area (Å²) in [6, 6.07) is 3.52. The van der Waals surface area contributed by atoms with Crippen molar-refractivity contribution in [3.63, 3.8) is 0 Å². The maximum absolute atomic E-state index is 13.9. The maximum Gasteiger partial charge on any atom is 0.151 e. The van der Waals surface area contributed by atoms with E-state index >= 15 is 0 Å². The number of nitrogens with one attached hydrogen (secondary N) is 1. The molecule has 3 nitrogen and oxygen atoms in total. The van der Waals surface area contributed by atoms with Crippen molar-refractivity contribution < 1.29 is 8.78 Å². The molecule has 0 saturated heterocycles. The zero-order chi connectivity index (χ0) is 14.0. The van der Waals surface area contributed by atoms with Crippen LogP contribution in [0.3, 0.4) is 0 Å². The van der Waals surface area contributed by atoms with E-state index in [1.807, 2.05) is 20.9 Å². The maximum atomic E-state index is 13.9. The molecule has 19 heavy (non-hydrogen) atoms. The van der Waals surface area contributed by atoms with E-state index in [0.29, 0.717) is 6.54 Å². The molecule has 2 aromatic rings. The Hall–Kier alpha value is -1.75. The Morgan fingerprint density at radius 2 is 2.05 bits per heavy atom. The molecule has 2 rings (SSSR count). The number of rotatable bonds is 4. The minimum absolute atomic E-state index is 0.190. The molecule has 1 aromatic heterocycles. The van der Waals surface area contributed by atoms with Crippen LogP contribution in [-0.4, -0.2) is 16.8 Å². The van der Waals surface area contributed by atoms with Gasteiger partial charge in [0, 0.05) is 18.2 Å². The predicted octanol–water partition coefficient (Wildman–Crippen LogP) is 2.99. The fourth-order valence-electron chi connectivity index (χ4n) is 2.18. The standard InChI is InChI=1S/C14H17F2N3/c1-9(2)14-10(7-17-3)8-18-19(14)13-5-4-11(15)6-12(13)16/h4-6,8-9,17H,7H2,1-3H3. The largest absolute Gasteiger partial charge is 0.316 e. The van der Waals surface area contributed by atoms with E-state index in [9.17, 15) is 8.78 Å². The van der Waals surface area contributed by atoms with Gasteiger partial charge in [-0.2, -0.15) is 5.10 Å². The molecule has 0 aliphatic heterocycles. The molecule has 0 aliphatic carbocycles. The van der Waals surface area contributed by atoms with Crippen LogP contribution in [0.25, 0.3) is 5.69 Å². The second-order valence-electron chi connectivity index (χ2n) is 4.75. The van der Waals surface area contributed by atoms with E-state index in [1.54, 1.807) is 10.9 Å².